The highest BCUT2D eigenvalue weighted by atomic mass is 19.1. The van der Waals surface area contributed by atoms with Crippen molar-refractivity contribution in [2.75, 3.05) is 69.8 Å². The van der Waals surface area contributed by atoms with E-state index in [0.717, 1.165) is 49.4 Å². The standard InChI is InChI=1S/C31H40FN7O2/c1-21-8-7-9-27(22(21)2)37-13-10-25-26(18-37)34-30(41-20-31(11-12-31)19-36(5)6)35-28(25)38-14-15-39(29(40)23(3)32)24(17-38)16-33-4/h7-9,24H,3,10-20H2,1-2,5-6H3. The second-order valence-corrected chi connectivity index (χ2v) is 12.0. The molecule has 3 heterocycles. The Bertz CT molecular complexity index is 1370. The molecule has 2 aliphatic heterocycles. The Morgan fingerprint density at radius 3 is 2.68 bits per heavy atom. The summed E-state index contributed by atoms with van der Waals surface area (Å²) in [4.78, 5) is 34.0. The van der Waals surface area contributed by atoms with Crippen molar-refractivity contribution in [1.29, 1.82) is 0 Å². The highest BCUT2D eigenvalue weighted by Gasteiger charge is 2.44. The number of aryl methyl sites for hydroxylation is 1. The second kappa shape index (κ2) is 11.6. The fourth-order valence-corrected chi connectivity index (χ4v) is 6.14. The summed E-state index contributed by atoms with van der Waals surface area (Å²) < 4.78 is 20.1. The van der Waals surface area contributed by atoms with E-state index in [2.05, 4.69) is 72.3 Å². The third-order valence-corrected chi connectivity index (χ3v) is 8.63. The van der Waals surface area contributed by atoms with Crippen LogP contribution in [-0.4, -0.2) is 91.7 Å². The molecule has 3 aliphatic rings. The van der Waals surface area contributed by atoms with Crippen LogP contribution in [0.4, 0.5) is 15.9 Å². The van der Waals surface area contributed by atoms with Gasteiger partial charge in [-0.15, -0.1) is 0 Å². The summed E-state index contributed by atoms with van der Waals surface area (Å²) >= 11 is 0. The molecule has 5 rings (SSSR count). The van der Waals surface area contributed by atoms with Crippen molar-refractivity contribution < 1.29 is 13.9 Å². The quantitative estimate of drug-likeness (QED) is 0.341. The zero-order valence-electron chi connectivity index (χ0n) is 24.6. The highest BCUT2D eigenvalue weighted by Crippen LogP contribution is 2.46. The monoisotopic (exact) mass is 561 g/mol. The summed E-state index contributed by atoms with van der Waals surface area (Å²) in [7, 11) is 4.16. The van der Waals surface area contributed by atoms with Gasteiger partial charge >= 0.3 is 6.01 Å². The number of nitrogens with zero attached hydrogens (tertiary/aromatic N) is 7. The van der Waals surface area contributed by atoms with Crippen molar-refractivity contribution in [3.63, 3.8) is 0 Å². The Morgan fingerprint density at radius 2 is 2.00 bits per heavy atom. The SMILES string of the molecule is [C-]#[N+]CC1CN(c2nc(OCC3(CN(C)C)CC3)nc3c2CCN(c2cccc(C)c2C)C3)CCN1C(=O)C(=C)F. The van der Waals surface area contributed by atoms with Gasteiger partial charge in [-0.05, 0) is 64.4 Å². The van der Waals surface area contributed by atoms with Gasteiger partial charge < -0.3 is 29.2 Å². The number of piperazine rings is 1. The van der Waals surface area contributed by atoms with Gasteiger partial charge in [-0.25, -0.2) is 11.0 Å². The van der Waals surface area contributed by atoms with Gasteiger partial charge in [-0.1, -0.05) is 18.7 Å². The summed E-state index contributed by atoms with van der Waals surface area (Å²) in [6.07, 6.45) is 3.01. The number of anilines is 2. The number of fused-ring (bicyclic) bond motifs is 1. The number of halogens is 1. The first-order valence-electron chi connectivity index (χ1n) is 14.3. The van der Waals surface area contributed by atoms with Crippen LogP contribution < -0.4 is 14.5 Å². The van der Waals surface area contributed by atoms with Crippen LogP contribution in [0.5, 0.6) is 6.01 Å². The Kier molecular flexibility index (Phi) is 8.18. The van der Waals surface area contributed by atoms with Gasteiger partial charge in [-0.2, -0.15) is 9.97 Å². The molecule has 0 radical (unpaired) electrons. The lowest BCUT2D eigenvalue weighted by molar-refractivity contribution is -0.131. The molecular weight excluding hydrogens is 521 g/mol. The fourth-order valence-electron chi connectivity index (χ4n) is 6.14. The molecule has 0 spiro atoms. The lowest BCUT2D eigenvalue weighted by atomic mass is 10.0. The van der Waals surface area contributed by atoms with Crippen LogP contribution in [0, 0.1) is 25.8 Å². The summed E-state index contributed by atoms with van der Waals surface area (Å²) in [6, 6.07) is 6.30. The molecule has 0 N–H and O–H groups in total. The molecule has 41 heavy (non-hydrogen) atoms. The minimum absolute atomic E-state index is 0.0830. The zero-order chi connectivity index (χ0) is 29.3. The Hall–Kier alpha value is -3.71. The molecule has 2 fully saturated rings. The maximum absolute atomic E-state index is 13.8. The first-order chi connectivity index (χ1) is 19.6. The van der Waals surface area contributed by atoms with E-state index in [1.54, 1.807) is 0 Å². The van der Waals surface area contributed by atoms with E-state index in [1.807, 2.05) is 0 Å². The Labute approximate surface area is 242 Å². The lowest BCUT2D eigenvalue weighted by Crippen LogP contribution is -2.57. The van der Waals surface area contributed by atoms with Crippen LogP contribution >= 0.6 is 0 Å². The first-order valence-corrected chi connectivity index (χ1v) is 14.3. The number of rotatable bonds is 9. The van der Waals surface area contributed by atoms with Gasteiger partial charge in [0.2, 0.25) is 6.54 Å². The highest BCUT2D eigenvalue weighted by molar-refractivity contribution is 5.91. The van der Waals surface area contributed by atoms with E-state index >= 15 is 0 Å². The summed E-state index contributed by atoms with van der Waals surface area (Å²) in [5.74, 6) is -0.946. The van der Waals surface area contributed by atoms with E-state index in [-0.39, 0.29) is 18.5 Å². The maximum Gasteiger partial charge on any atom is 0.318 e. The van der Waals surface area contributed by atoms with Crippen molar-refractivity contribution in [3.8, 4) is 6.01 Å². The van der Waals surface area contributed by atoms with E-state index in [0.29, 0.717) is 32.3 Å². The normalized spacial score (nSPS) is 19.5. The number of hydrogen-bond donors (Lipinski definition) is 0. The molecule has 9 nitrogen and oxygen atoms in total. The zero-order valence-corrected chi connectivity index (χ0v) is 24.6. The van der Waals surface area contributed by atoms with Crippen molar-refractivity contribution in [1.82, 2.24) is 19.8 Å². The molecule has 1 amide bonds. The smallest absolute Gasteiger partial charge is 0.318 e. The summed E-state index contributed by atoms with van der Waals surface area (Å²) in [6.45, 7) is 19.1. The summed E-state index contributed by atoms with van der Waals surface area (Å²) in [5, 5.41) is 0. The predicted molar refractivity (Wildman–Crippen MR) is 158 cm³/mol. The van der Waals surface area contributed by atoms with Crippen LogP contribution in [0.3, 0.4) is 0 Å². The van der Waals surface area contributed by atoms with Gasteiger partial charge in [-0.3, -0.25) is 4.79 Å². The second-order valence-electron chi connectivity index (χ2n) is 12.0. The largest absolute Gasteiger partial charge is 0.463 e. The van der Waals surface area contributed by atoms with Crippen molar-refractivity contribution in [2.24, 2.45) is 5.41 Å². The third-order valence-electron chi connectivity index (χ3n) is 8.63. The average molecular weight is 562 g/mol. The molecule has 1 aromatic heterocycles. The molecule has 2 aromatic rings. The lowest BCUT2D eigenvalue weighted by Gasteiger charge is -2.41. The number of carbonyl (C=O) groups is 1. The number of amides is 1. The molecule has 1 aromatic carbocycles. The molecule has 1 saturated carbocycles. The third kappa shape index (κ3) is 6.15. The van der Waals surface area contributed by atoms with Crippen molar-refractivity contribution in [3.05, 3.63) is 64.4 Å². The number of hydrogen-bond acceptors (Lipinski definition) is 7. The molecule has 0 bridgehead atoms. The first kappa shape index (κ1) is 28.8. The molecule has 1 atom stereocenters. The van der Waals surface area contributed by atoms with Gasteiger partial charge in [0.25, 0.3) is 5.91 Å². The van der Waals surface area contributed by atoms with Crippen molar-refractivity contribution >= 4 is 17.4 Å². The summed E-state index contributed by atoms with van der Waals surface area (Å²) in [5.41, 5.74) is 5.87. The van der Waals surface area contributed by atoms with Crippen LogP contribution in [-0.2, 0) is 17.8 Å². The van der Waals surface area contributed by atoms with Crippen LogP contribution in [0.15, 0.2) is 30.6 Å². The molecule has 1 saturated heterocycles. The van der Waals surface area contributed by atoms with E-state index in [1.165, 1.54) is 21.7 Å². The van der Waals surface area contributed by atoms with Gasteiger partial charge in [0.15, 0.2) is 5.83 Å². The number of benzene rings is 1. The van der Waals surface area contributed by atoms with Crippen LogP contribution in [0.1, 0.15) is 35.2 Å². The van der Waals surface area contributed by atoms with E-state index in [9.17, 15) is 9.18 Å². The maximum atomic E-state index is 13.8. The fraction of sp³-hybridized carbons (Fsp3) is 0.548. The topological polar surface area (TPSA) is 69.4 Å². The molecule has 1 aliphatic carbocycles. The van der Waals surface area contributed by atoms with E-state index < -0.39 is 17.8 Å². The predicted octanol–water partition coefficient (Wildman–Crippen LogP) is 3.80. The average Bonchev–Trinajstić information content (AvgIpc) is 3.71. The molecule has 1 unspecified atom stereocenters. The van der Waals surface area contributed by atoms with Gasteiger partial charge in [0.05, 0.1) is 18.8 Å². The Morgan fingerprint density at radius 1 is 1.22 bits per heavy atom. The molecule has 10 heteroatoms. The van der Waals surface area contributed by atoms with Crippen molar-refractivity contribution in [2.45, 2.75) is 45.7 Å². The number of aromatic nitrogens is 2. The van der Waals surface area contributed by atoms with Gasteiger partial charge in [0.1, 0.15) is 11.9 Å². The number of carbonyl (C=O) groups excluding carboxylic acids is 1. The minimum atomic E-state index is -0.998. The Balaban J connectivity index is 1.46. The van der Waals surface area contributed by atoms with Crippen LogP contribution in [0.25, 0.3) is 4.85 Å². The van der Waals surface area contributed by atoms with Crippen LogP contribution in [0.2, 0.25) is 0 Å². The number of ether oxygens (including phenoxy) is 1. The molecular formula is C31H40FN7O2. The van der Waals surface area contributed by atoms with E-state index in [4.69, 9.17) is 21.3 Å². The molecule has 218 valence electrons. The van der Waals surface area contributed by atoms with Gasteiger partial charge in [0, 0.05) is 49.4 Å². The minimum Gasteiger partial charge on any atom is -0.463 e.